The minimum Gasteiger partial charge on any atom is -0.378 e. The topological polar surface area (TPSA) is 91.5 Å². The van der Waals surface area contributed by atoms with E-state index in [4.69, 9.17) is 4.74 Å². The molecule has 0 aliphatic rings. The first-order valence-electron chi connectivity index (χ1n) is 8.01. The van der Waals surface area contributed by atoms with Crippen LogP contribution in [0.4, 0.5) is 21.0 Å². The molecular formula is C18H22N4O3. The number of ether oxygens (including phenoxy) is 1. The van der Waals surface area contributed by atoms with Gasteiger partial charge in [0.05, 0.1) is 13.2 Å². The predicted octanol–water partition coefficient (Wildman–Crippen LogP) is 2.65. The van der Waals surface area contributed by atoms with Crippen LogP contribution in [-0.4, -0.2) is 38.4 Å². The van der Waals surface area contributed by atoms with Crippen molar-refractivity contribution >= 4 is 23.4 Å². The second-order valence-electron chi connectivity index (χ2n) is 5.11. The van der Waals surface area contributed by atoms with E-state index in [1.54, 1.807) is 0 Å². The molecule has 0 saturated carbocycles. The summed E-state index contributed by atoms with van der Waals surface area (Å²) in [6.45, 7) is 1.50. The van der Waals surface area contributed by atoms with Gasteiger partial charge in [0.2, 0.25) is 0 Å². The van der Waals surface area contributed by atoms with Gasteiger partial charge >= 0.3 is 12.1 Å². The molecule has 0 bridgehead atoms. The van der Waals surface area contributed by atoms with Gasteiger partial charge in [-0.25, -0.2) is 9.59 Å². The van der Waals surface area contributed by atoms with Crippen LogP contribution in [0.5, 0.6) is 0 Å². The highest BCUT2D eigenvalue weighted by Crippen LogP contribution is 2.04. The summed E-state index contributed by atoms with van der Waals surface area (Å²) in [5, 5.41) is 10.8. The Hall–Kier alpha value is -3.06. The summed E-state index contributed by atoms with van der Waals surface area (Å²) >= 11 is 0. The van der Waals surface area contributed by atoms with Gasteiger partial charge in [0, 0.05) is 24.5 Å². The minimum atomic E-state index is -0.282. The third-order valence-electron chi connectivity index (χ3n) is 3.13. The van der Waals surface area contributed by atoms with Crippen LogP contribution in [0, 0.1) is 0 Å². The zero-order chi connectivity index (χ0) is 17.7. The van der Waals surface area contributed by atoms with Crippen molar-refractivity contribution in [2.75, 3.05) is 36.9 Å². The number of nitrogens with one attached hydrogen (secondary N) is 4. The number of hydrogen-bond acceptors (Lipinski definition) is 3. The van der Waals surface area contributed by atoms with Gasteiger partial charge in [-0.15, -0.1) is 0 Å². The molecule has 2 aromatic rings. The highest BCUT2D eigenvalue weighted by atomic mass is 16.5. The highest BCUT2D eigenvalue weighted by Gasteiger charge is 2.01. The second kappa shape index (κ2) is 10.7. The lowest BCUT2D eigenvalue weighted by atomic mass is 10.3. The zero-order valence-corrected chi connectivity index (χ0v) is 13.8. The van der Waals surface area contributed by atoms with Crippen molar-refractivity contribution in [3.63, 3.8) is 0 Å². The third-order valence-corrected chi connectivity index (χ3v) is 3.13. The molecule has 4 N–H and O–H groups in total. The third kappa shape index (κ3) is 7.85. The van der Waals surface area contributed by atoms with Crippen LogP contribution >= 0.6 is 0 Å². The molecule has 0 aromatic heterocycles. The van der Waals surface area contributed by atoms with Gasteiger partial charge in [0.15, 0.2) is 0 Å². The fourth-order valence-corrected chi connectivity index (χ4v) is 1.97. The maximum absolute atomic E-state index is 11.6. The van der Waals surface area contributed by atoms with Gasteiger partial charge in [0.1, 0.15) is 0 Å². The van der Waals surface area contributed by atoms with Crippen LogP contribution in [0.1, 0.15) is 0 Å². The fourth-order valence-electron chi connectivity index (χ4n) is 1.97. The van der Waals surface area contributed by atoms with Gasteiger partial charge in [-0.3, -0.25) is 0 Å². The van der Waals surface area contributed by atoms with Crippen LogP contribution in [0.15, 0.2) is 60.7 Å². The molecule has 0 unspecified atom stereocenters. The Kier molecular flexibility index (Phi) is 7.80. The van der Waals surface area contributed by atoms with Gasteiger partial charge < -0.3 is 26.0 Å². The first kappa shape index (κ1) is 18.3. The number of hydrogen-bond donors (Lipinski definition) is 4. The largest absolute Gasteiger partial charge is 0.378 e. The fraction of sp³-hybridized carbons (Fsp3) is 0.222. The van der Waals surface area contributed by atoms with Crippen LogP contribution in [0.2, 0.25) is 0 Å². The van der Waals surface area contributed by atoms with Crippen LogP contribution in [-0.2, 0) is 4.74 Å². The number of anilines is 2. The van der Waals surface area contributed by atoms with Crippen molar-refractivity contribution in [3.05, 3.63) is 60.7 Å². The number of para-hydroxylation sites is 2. The summed E-state index contributed by atoms with van der Waals surface area (Å²) in [7, 11) is 0. The van der Waals surface area contributed by atoms with Gasteiger partial charge in [-0.1, -0.05) is 36.4 Å². The van der Waals surface area contributed by atoms with E-state index in [2.05, 4.69) is 21.3 Å². The Balaban J connectivity index is 1.46. The molecule has 2 rings (SSSR count). The summed E-state index contributed by atoms with van der Waals surface area (Å²) in [5.41, 5.74) is 1.46. The average Bonchev–Trinajstić information content (AvgIpc) is 2.62. The van der Waals surface area contributed by atoms with Crippen molar-refractivity contribution in [3.8, 4) is 0 Å². The Labute approximate surface area is 146 Å². The molecule has 0 heterocycles. The molecule has 0 atom stereocenters. The van der Waals surface area contributed by atoms with Crippen molar-refractivity contribution in [1.82, 2.24) is 10.6 Å². The number of amides is 4. The lowest BCUT2D eigenvalue weighted by Crippen LogP contribution is -2.33. The van der Waals surface area contributed by atoms with E-state index < -0.39 is 0 Å². The molecule has 2 aromatic carbocycles. The first-order chi connectivity index (χ1) is 12.2. The predicted molar refractivity (Wildman–Crippen MR) is 97.7 cm³/mol. The van der Waals surface area contributed by atoms with Gasteiger partial charge in [-0.2, -0.15) is 0 Å². The normalized spacial score (nSPS) is 9.92. The molecular weight excluding hydrogens is 320 g/mol. The summed E-state index contributed by atoms with van der Waals surface area (Å²) in [4.78, 5) is 23.2. The molecule has 0 spiro atoms. The Bertz CT molecular complexity index is 592. The second-order valence-corrected chi connectivity index (χ2v) is 5.11. The number of carbonyl (C=O) groups excluding carboxylic acids is 2. The van der Waals surface area contributed by atoms with Crippen LogP contribution in [0.25, 0.3) is 0 Å². The molecule has 7 nitrogen and oxygen atoms in total. The molecule has 0 saturated heterocycles. The van der Waals surface area contributed by atoms with Crippen LogP contribution < -0.4 is 21.3 Å². The van der Waals surface area contributed by atoms with E-state index in [1.807, 2.05) is 60.7 Å². The van der Waals surface area contributed by atoms with E-state index >= 15 is 0 Å². The molecule has 4 amide bonds. The van der Waals surface area contributed by atoms with Gasteiger partial charge in [0.25, 0.3) is 0 Å². The van der Waals surface area contributed by atoms with Crippen molar-refractivity contribution < 1.29 is 14.3 Å². The highest BCUT2D eigenvalue weighted by molar-refractivity contribution is 5.89. The number of benzene rings is 2. The van der Waals surface area contributed by atoms with E-state index in [0.29, 0.717) is 26.3 Å². The number of carbonyl (C=O) groups is 2. The first-order valence-corrected chi connectivity index (χ1v) is 8.01. The standard InChI is InChI=1S/C18H22N4O3/c23-17(21-15-7-3-1-4-8-15)19-11-13-25-14-12-20-18(24)22-16-9-5-2-6-10-16/h1-10H,11-14H2,(H2,19,21,23)(H2,20,22,24). The quantitative estimate of drug-likeness (QED) is 0.556. The van der Waals surface area contributed by atoms with Crippen LogP contribution in [0.3, 0.4) is 0 Å². The molecule has 7 heteroatoms. The maximum Gasteiger partial charge on any atom is 0.319 e. The summed E-state index contributed by atoms with van der Waals surface area (Å²) in [6, 6.07) is 17.8. The minimum absolute atomic E-state index is 0.282. The summed E-state index contributed by atoms with van der Waals surface area (Å²) < 4.78 is 5.35. The molecule has 0 fully saturated rings. The van der Waals surface area contributed by atoms with Crippen molar-refractivity contribution in [2.45, 2.75) is 0 Å². The smallest absolute Gasteiger partial charge is 0.319 e. The SMILES string of the molecule is O=C(NCCOCCNC(=O)Nc1ccccc1)Nc1ccccc1. The van der Waals surface area contributed by atoms with Crippen molar-refractivity contribution in [1.29, 1.82) is 0 Å². The lowest BCUT2D eigenvalue weighted by Gasteiger charge is -2.09. The molecule has 0 radical (unpaired) electrons. The van der Waals surface area contributed by atoms with E-state index in [9.17, 15) is 9.59 Å². The summed E-state index contributed by atoms with van der Waals surface area (Å²) in [5.74, 6) is 0. The zero-order valence-electron chi connectivity index (χ0n) is 13.8. The molecule has 25 heavy (non-hydrogen) atoms. The van der Waals surface area contributed by atoms with Gasteiger partial charge in [-0.05, 0) is 24.3 Å². The number of rotatable bonds is 8. The Morgan fingerprint density at radius 1 is 0.680 bits per heavy atom. The van der Waals surface area contributed by atoms with E-state index in [-0.39, 0.29) is 12.1 Å². The lowest BCUT2D eigenvalue weighted by molar-refractivity contribution is 0.140. The number of urea groups is 2. The summed E-state index contributed by atoms with van der Waals surface area (Å²) in [6.07, 6.45) is 0. The maximum atomic E-state index is 11.6. The van der Waals surface area contributed by atoms with Crippen molar-refractivity contribution in [2.24, 2.45) is 0 Å². The Morgan fingerprint density at radius 2 is 1.08 bits per heavy atom. The molecule has 0 aliphatic carbocycles. The molecule has 132 valence electrons. The Morgan fingerprint density at radius 3 is 1.48 bits per heavy atom. The molecule has 0 aliphatic heterocycles. The average molecular weight is 342 g/mol. The van der Waals surface area contributed by atoms with E-state index in [0.717, 1.165) is 11.4 Å². The van der Waals surface area contributed by atoms with E-state index in [1.165, 1.54) is 0 Å². The monoisotopic (exact) mass is 342 g/mol.